The minimum absolute atomic E-state index is 0.124. The molecule has 0 radical (unpaired) electrons. The van der Waals surface area contributed by atoms with Crippen LogP contribution in [-0.4, -0.2) is 21.3 Å². The summed E-state index contributed by atoms with van der Waals surface area (Å²) in [5.41, 5.74) is 6.48. The van der Waals surface area contributed by atoms with E-state index in [9.17, 15) is 5.11 Å². The predicted octanol–water partition coefficient (Wildman–Crippen LogP) is 1.72. The lowest BCUT2D eigenvalue weighted by Gasteiger charge is -1.99. The summed E-state index contributed by atoms with van der Waals surface area (Å²) < 4.78 is 5.12. The van der Waals surface area contributed by atoms with Gasteiger partial charge in [-0.3, -0.25) is 0 Å². The molecule has 1 aromatic carbocycles. The molecule has 90 valence electrons. The molecule has 17 heavy (non-hydrogen) atoms. The summed E-state index contributed by atoms with van der Waals surface area (Å²) in [4.78, 5) is 4.27. The van der Waals surface area contributed by atoms with Crippen molar-refractivity contribution in [1.29, 1.82) is 0 Å². The Balaban J connectivity index is 2.10. The van der Waals surface area contributed by atoms with Crippen molar-refractivity contribution in [2.45, 2.75) is 25.8 Å². The average molecular weight is 233 g/mol. The van der Waals surface area contributed by atoms with Crippen molar-refractivity contribution in [3.63, 3.8) is 0 Å². The van der Waals surface area contributed by atoms with Crippen LogP contribution < -0.4 is 5.73 Å². The molecule has 3 N–H and O–H groups in total. The van der Waals surface area contributed by atoms with Crippen LogP contribution >= 0.6 is 0 Å². The highest BCUT2D eigenvalue weighted by atomic mass is 16.5. The van der Waals surface area contributed by atoms with Crippen molar-refractivity contribution >= 4 is 0 Å². The predicted molar refractivity (Wildman–Crippen MR) is 63.4 cm³/mol. The first-order valence-corrected chi connectivity index (χ1v) is 5.52. The molecular weight excluding hydrogens is 218 g/mol. The van der Waals surface area contributed by atoms with E-state index >= 15 is 0 Å². The Labute approximate surface area is 99.3 Å². The topological polar surface area (TPSA) is 85.2 Å². The SMILES string of the molecule is CC(N)CCc1nc(-c2ccc(O)cc2)no1. The minimum Gasteiger partial charge on any atom is -0.508 e. The molecule has 1 aromatic heterocycles. The van der Waals surface area contributed by atoms with Crippen LogP contribution in [0.15, 0.2) is 28.8 Å². The van der Waals surface area contributed by atoms with E-state index in [-0.39, 0.29) is 11.8 Å². The zero-order valence-electron chi connectivity index (χ0n) is 9.63. The Morgan fingerprint density at radius 2 is 2.06 bits per heavy atom. The van der Waals surface area contributed by atoms with Gasteiger partial charge in [0.05, 0.1) is 0 Å². The lowest BCUT2D eigenvalue weighted by molar-refractivity contribution is 0.372. The zero-order valence-corrected chi connectivity index (χ0v) is 9.63. The molecule has 2 aromatic rings. The van der Waals surface area contributed by atoms with Gasteiger partial charge in [-0.05, 0) is 37.6 Å². The molecule has 0 aliphatic rings. The maximum absolute atomic E-state index is 9.18. The number of aromatic hydroxyl groups is 1. The Kier molecular flexibility index (Phi) is 3.39. The van der Waals surface area contributed by atoms with Gasteiger partial charge in [-0.2, -0.15) is 4.98 Å². The maximum Gasteiger partial charge on any atom is 0.227 e. The first-order valence-electron chi connectivity index (χ1n) is 5.52. The van der Waals surface area contributed by atoms with Crippen molar-refractivity contribution in [2.75, 3.05) is 0 Å². The normalized spacial score (nSPS) is 12.6. The lowest BCUT2D eigenvalue weighted by Crippen LogP contribution is -2.15. The Morgan fingerprint density at radius 3 is 2.71 bits per heavy atom. The average Bonchev–Trinajstić information content (AvgIpc) is 2.76. The number of rotatable bonds is 4. The minimum atomic E-state index is 0.124. The largest absolute Gasteiger partial charge is 0.508 e. The maximum atomic E-state index is 9.18. The van der Waals surface area contributed by atoms with E-state index in [0.29, 0.717) is 18.1 Å². The highest BCUT2D eigenvalue weighted by Gasteiger charge is 2.09. The Morgan fingerprint density at radius 1 is 1.35 bits per heavy atom. The summed E-state index contributed by atoms with van der Waals surface area (Å²) >= 11 is 0. The van der Waals surface area contributed by atoms with E-state index in [2.05, 4.69) is 10.1 Å². The molecule has 0 aliphatic carbocycles. The fourth-order valence-corrected chi connectivity index (χ4v) is 1.44. The van der Waals surface area contributed by atoms with Gasteiger partial charge in [-0.25, -0.2) is 0 Å². The second kappa shape index (κ2) is 4.97. The van der Waals surface area contributed by atoms with E-state index in [1.54, 1.807) is 24.3 Å². The quantitative estimate of drug-likeness (QED) is 0.839. The summed E-state index contributed by atoms with van der Waals surface area (Å²) in [6.07, 6.45) is 1.50. The summed E-state index contributed by atoms with van der Waals surface area (Å²) in [7, 11) is 0. The van der Waals surface area contributed by atoms with Crippen LogP contribution in [0.1, 0.15) is 19.2 Å². The van der Waals surface area contributed by atoms with Gasteiger partial charge in [0.15, 0.2) is 0 Å². The number of aryl methyl sites for hydroxylation is 1. The van der Waals surface area contributed by atoms with Crippen LogP contribution in [0.3, 0.4) is 0 Å². The van der Waals surface area contributed by atoms with Crippen LogP contribution in [-0.2, 0) is 6.42 Å². The number of aromatic nitrogens is 2. The standard InChI is InChI=1S/C12H15N3O2/c1-8(13)2-7-11-14-12(15-17-11)9-3-5-10(16)6-4-9/h3-6,8,16H,2,7,13H2,1H3. The first kappa shape index (κ1) is 11.6. The molecule has 0 amide bonds. The molecule has 0 fully saturated rings. The molecule has 1 unspecified atom stereocenters. The van der Waals surface area contributed by atoms with Gasteiger partial charge in [0.2, 0.25) is 11.7 Å². The number of benzene rings is 1. The molecule has 5 nitrogen and oxygen atoms in total. The molecule has 0 spiro atoms. The van der Waals surface area contributed by atoms with Crippen molar-refractivity contribution in [1.82, 2.24) is 10.1 Å². The van der Waals surface area contributed by atoms with Gasteiger partial charge in [-0.15, -0.1) is 0 Å². The van der Waals surface area contributed by atoms with Crippen molar-refractivity contribution in [3.05, 3.63) is 30.2 Å². The van der Waals surface area contributed by atoms with E-state index < -0.39 is 0 Å². The first-order chi connectivity index (χ1) is 8.15. The van der Waals surface area contributed by atoms with E-state index in [1.165, 1.54) is 0 Å². The fourth-order valence-electron chi connectivity index (χ4n) is 1.44. The third kappa shape index (κ3) is 3.04. The van der Waals surface area contributed by atoms with E-state index in [1.807, 2.05) is 6.92 Å². The molecular formula is C12H15N3O2. The summed E-state index contributed by atoms with van der Waals surface area (Å²) in [5.74, 6) is 1.34. The number of hydrogen-bond acceptors (Lipinski definition) is 5. The molecule has 1 heterocycles. The molecule has 0 saturated carbocycles. The number of nitrogens with zero attached hydrogens (tertiary/aromatic N) is 2. The van der Waals surface area contributed by atoms with Crippen LogP contribution in [0.5, 0.6) is 5.75 Å². The molecule has 1 atom stereocenters. The van der Waals surface area contributed by atoms with Gasteiger partial charge in [0.25, 0.3) is 0 Å². The molecule has 5 heteroatoms. The van der Waals surface area contributed by atoms with Crippen LogP contribution in [0.4, 0.5) is 0 Å². The number of phenolic OH excluding ortho intramolecular Hbond substituents is 1. The molecule has 2 rings (SSSR count). The Bertz CT molecular complexity index is 477. The van der Waals surface area contributed by atoms with Crippen LogP contribution in [0, 0.1) is 0 Å². The second-order valence-corrected chi connectivity index (χ2v) is 4.07. The molecule has 0 aliphatic heterocycles. The van der Waals surface area contributed by atoms with Gasteiger partial charge in [0.1, 0.15) is 5.75 Å². The highest BCUT2D eigenvalue weighted by Crippen LogP contribution is 2.19. The van der Waals surface area contributed by atoms with Crippen molar-refractivity contribution < 1.29 is 9.63 Å². The second-order valence-electron chi connectivity index (χ2n) is 4.07. The van der Waals surface area contributed by atoms with Crippen molar-refractivity contribution in [2.24, 2.45) is 5.73 Å². The van der Waals surface area contributed by atoms with Gasteiger partial charge in [-0.1, -0.05) is 5.16 Å². The number of nitrogens with two attached hydrogens (primary N) is 1. The van der Waals surface area contributed by atoms with E-state index in [4.69, 9.17) is 10.3 Å². The van der Waals surface area contributed by atoms with Gasteiger partial charge in [0, 0.05) is 18.0 Å². The van der Waals surface area contributed by atoms with Crippen LogP contribution in [0.25, 0.3) is 11.4 Å². The van der Waals surface area contributed by atoms with Gasteiger partial charge >= 0.3 is 0 Å². The smallest absolute Gasteiger partial charge is 0.227 e. The highest BCUT2D eigenvalue weighted by molar-refractivity contribution is 5.55. The third-order valence-corrected chi connectivity index (χ3v) is 2.41. The zero-order chi connectivity index (χ0) is 12.3. The van der Waals surface area contributed by atoms with Crippen molar-refractivity contribution in [3.8, 4) is 17.1 Å². The number of phenols is 1. The summed E-state index contributed by atoms with van der Waals surface area (Å²) in [5, 5.41) is 13.1. The fraction of sp³-hybridized carbons (Fsp3) is 0.333. The molecule has 0 bridgehead atoms. The monoisotopic (exact) mass is 233 g/mol. The third-order valence-electron chi connectivity index (χ3n) is 2.41. The summed E-state index contributed by atoms with van der Waals surface area (Å²) in [6, 6.07) is 6.80. The Hall–Kier alpha value is -1.88. The van der Waals surface area contributed by atoms with Gasteiger partial charge < -0.3 is 15.4 Å². The molecule has 0 saturated heterocycles. The van der Waals surface area contributed by atoms with Crippen LogP contribution in [0.2, 0.25) is 0 Å². The number of hydrogen-bond donors (Lipinski definition) is 2. The summed E-state index contributed by atoms with van der Waals surface area (Å²) in [6.45, 7) is 1.94. The lowest BCUT2D eigenvalue weighted by atomic mass is 10.2. The van der Waals surface area contributed by atoms with E-state index in [0.717, 1.165) is 12.0 Å².